The predicted molar refractivity (Wildman–Crippen MR) is 87.1 cm³/mol. The van der Waals surface area contributed by atoms with Crippen molar-refractivity contribution in [3.8, 4) is 5.75 Å². The Hall–Kier alpha value is -1.09. The summed E-state index contributed by atoms with van der Waals surface area (Å²) in [5.74, 6) is 0.0201. The maximum Gasteiger partial charge on any atom is 0.165 e. The van der Waals surface area contributed by atoms with Crippen molar-refractivity contribution in [1.29, 1.82) is 0 Å². The molecule has 0 spiro atoms. The van der Waals surface area contributed by atoms with Gasteiger partial charge in [-0.2, -0.15) is 0 Å². The van der Waals surface area contributed by atoms with Gasteiger partial charge in [0.15, 0.2) is 11.6 Å². The van der Waals surface area contributed by atoms with Crippen LogP contribution in [0, 0.1) is 5.82 Å². The molecule has 0 radical (unpaired) electrons. The molecule has 0 aromatic heterocycles. The van der Waals surface area contributed by atoms with Crippen molar-refractivity contribution in [3.05, 3.63) is 29.6 Å². The molecule has 0 aliphatic rings. The van der Waals surface area contributed by atoms with Gasteiger partial charge >= 0.3 is 0 Å². The zero-order valence-electron chi connectivity index (χ0n) is 13.5. The standard InChI is InChI=1S/C18H30FNO/c1-3-4-5-6-7-8-9-10-13-21-18-12-11-16(15(2)20)14-17(18)19/h11-12,14-15H,3-10,13,20H2,1-2H3/t15-/m1/s1. The highest BCUT2D eigenvalue weighted by atomic mass is 19.1. The minimum absolute atomic E-state index is 0.152. The molecule has 1 aromatic carbocycles. The van der Waals surface area contributed by atoms with Crippen molar-refractivity contribution in [2.75, 3.05) is 6.61 Å². The van der Waals surface area contributed by atoms with E-state index in [2.05, 4.69) is 6.92 Å². The molecule has 1 rings (SSSR count). The zero-order valence-corrected chi connectivity index (χ0v) is 13.5. The van der Waals surface area contributed by atoms with Crippen molar-refractivity contribution >= 4 is 0 Å². The first-order chi connectivity index (χ1) is 10.1. The lowest BCUT2D eigenvalue weighted by molar-refractivity contribution is 0.289. The molecule has 2 nitrogen and oxygen atoms in total. The van der Waals surface area contributed by atoms with Crippen LogP contribution in [0.25, 0.3) is 0 Å². The number of hydrogen-bond acceptors (Lipinski definition) is 2. The van der Waals surface area contributed by atoms with E-state index in [1.54, 1.807) is 6.07 Å². The Bertz CT molecular complexity index is 393. The van der Waals surface area contributed by atoms with Crippen LogP contribution >= 0.6 is 0 Å². The van der Waals surface area contributed by atoms with E-state index in [9.17, 15) is 4.39 Å². The van der Waals surface area contributed by atoms with Gasteiger partial charge in [0.2, 0.25) is 0 Å². The van der Waals surface area contributed by atoms with E-state index >= 15 is 0 Å². The van der Waals surface area contributed by atoms with Gasteiger partial charge in [-0.05, 0) is 31.0 Å². The molecule has 1 aromatic rings. The number of unbranched alkanes of at least 4 members (excludes halogenated alkanes) is 7. The minimum Gasteiger partial charge on any atom is -0.491 e. The molecule has 2 N–H and O–H groups in total. The Morgan fingerprint density at radius 2 is 1.67 bits per heavy atom. The van der Waals surface area contributed by atoms with Crippen molar-refractivity contribution in [1.82, 2.24) is 0 Å². The fraction of sp³-hybridized carbons (Fsp3) is 0.667. The van der Waals surface area contributed by atoms with Gasteiger partial charge in [0, 0.05) is 6.04 Å². The lowest BCUT2D eigenvalue weighted by atomic mass is 10.1. The lowest BCUT2D eigenvalue weighted by Crippen LogP contribution is -2.06. The van der Waals surface area contributed by atoms with E-state index in [1.165, 1.54) is 44.6 Å². The summed E-state index contributed by atoms with van der Waals surface area (Å²) in [6.07, 6.45) is 10.0. The summed E-state index contributed by atoms with van der Waals surface area (Å²) in [4.78, 5) is 0. The maximum atomic E-state index is 13.8. The number of nitrogens with two attached hydrogens (primary N) is 1. The molecular formula is C18H30FNO. The molecule has 1 atom stereocenters. The average Bonchev–Trinajstić information content (AvgIpc) is 2.46. The van der Waals surface area contributed by atoms with Crippen LogP contribution in [-0.2, 0) is 0 Å². The first-order valence-corrected chi connectivity index (χ1v) is 8.33. The lowest BCUT2D eigenvalue weighted by Gasteiger charge is -2.10. The van der Waals surface area contributed by atoms with Gasteiger partial charge < -0.3 is 10.5 Å². The number of benzene rings is 1. The highest BCUT2D eigenvalue weighted by molar-refractivity contribution is 5.30. The summed E-state index contributed by atoms with van der Waals surface area (Å²) in [5, 5.41) is 0. The van der Waals surface area contributed by atoms with Crippen molar-refractivity contribution in [3.63, 3.8) is 0 Å². The van der Waals surface area contributed by atoms with Crippen molar-refractivity contribution in [2.24, 2.45) is 5.73 Å². The molecule has 0 saturated carbocycles. The van der Waals surface area contributed by atoms with Crippen molar-refractivity contribution < 1.29 is 9.13 Å². The second-order valence-corrected chi connectivity index (χ2v) is 5.80. The largest absolute Gasteiger partial charge is 0.491 e. The minimum atomic E-state index is -0.315. The third-order valence-corrected chi connectivity index (χ3v) is 3.74. The van der Waals surface area contributed by atoms with E-state index in [0.29, 0.717) is 12.4 Å². The number of hydrogen-bond donors (Lipinski definition) is 1. The number of halogens is 1. The predicted octanol–water partition coefficient (Wildman–Crippen LogP) is 5.36. The molecule has 0 aliphatic carbocycles. The molecule has 0 fully saturated rings. The van der Waals surface area contributed by atoms with Crippen LogP contribution in [-0.4, -0.2) is 6.61 Å². The normalized spacial score (nSPS) is 12.4. The van der Waals surface area contributed by atoms with Crippen LogP contribution in [0.3, 0.4) is 0 Å². The van der Waals surface area contributed by atoms with Gasteiger partial charge in [-0.15, -0.1) is 0 Å². The second kappa shape index (κ2) is 10.6. The molecule has 0 unspecified atom stereocenters. The van der Waals surface area contributed by atoms with Crippen LogP contribution in [0.4, 0.5) is 4.39 Å². The van der Waals surface area contributed by atoms with Crippen molar-refractivity contribution in [2.45, 2.75) is 71.3 Å². The van der Waals surface area contributed by atoms with Gasteiger partial charge in [0.05, 0.1) is 6.61 Å². The smallest absolute Gasteiger partial charge is 0.165 e. The van der Waals surface area contributed by atoms with Crippen LogP contribution in [0.1, 0.15) is 76.8 Å². The Kier molecular flexibility index (Phi) is 9.07. The second-order valence-electron chi connectivity index (χ2n) is 5.80. The topological polar surface area (TPSA) is 35.2 Å². The van der Waals surface area contributed by atoms with Gasteiger partial charge in [-0.3, -0.25) is 0 Å². The first kappa shape index (κ1) is 18.0. The summed E-state index contributed by atoms with van der Waals surface area (Å²) in [7, 11) is 0. The van der Waals surface area contributed by atoms with E-state index < -0.39 is 0 Å². The summed E-state index contributed by atoms with van der Waals surface area (Å²) in [6, 6.07) is 4.82. The molecule has 0 amide bonds. The Morgan fingerprint density at radius 1 is 1.05 bits per heavy atom. The molecule has 0 heterocycles. The van der Waals surface area contributed by atoms with Gasteiger partial charge in [-0.25, -0.2) is 4.39 Å². The summed E-state index contributed by atoms with van der Waals surface area (Å²) >= 11 is 0. The summed E-state index contributed by atoms with van der Waals surface area (Å²) < 4.78 is 19.3. The third-order valence-electron chi connectivity index (χ3n) is 3.74. The Morgan fingerprint density at radius 3 is 2.24 bits per heavy atom. The SMILES string of the molecule is CCCCCCCCCCOc1ccc([C@@H](C)N)cc1F. The van der Waals surface area contributed by atoms with Crippen LogP contribution < -0.4 is 10.5 Å². The molecule has 0 bridgehead atoms. The maximum absolute atomic E-state index is 13.8. The fourth-order valence-corrected chi connectivity index (χ4v) is 2.34. The Balaban J connectivity index is 2.13. The summed E-state index contributed by atoms with van der Waals surface area (Å²) in [6.45, 7) is 4.66. The molecule has 0 aliphatic heterocycles. The van der Waals surface area contributed by atoms with E-state index in [4.69, 9.17) is 10.5 Å². The van der Waals surface area contributed by atoms with E-state index in [0.717, 1.165) is 18.4 Å². The van der Waals surface area contributed by atoms with Crippen LogP contribution in [0.2, 0.25) is 0 Å². The molecule has 120 valence electrons. The quantitative estimate of drug-likeness (QED) is 0.557. The van der Waals surface area contributed by atoms with Crippen LogP contribution in [0.5, 0.6) is 5.75 Å². The molecule has 0 saturated heterocycles. The third kappa shape index (κ3) is 7.47. The molecular weight excluding hydrogens is 265 g/mol. The summed E-state index contributed by atoms with van der Waals surface area (Å²) in [5.41, 5.74) is 6.52. The fourth-order valence-electron chi connectivity index (χ4n) is 2.34. The monoisotopic (exact) mass is 295 g/mol. The highest BCUT2D eigenvalue weighted by Crippen LogP contribution is 2.21. The molecule has 21 heavy (non-hydrogen) atoms. The average molecular weight is 295 g/mol. The Labute approximate surface area is 128 Å². The van der Waals surface area contributed by atoms with E-state index in [-0.39, 0.29) is 11.9 Å². The number of ether oxygens (including phenoxy) is 1. The number of rotatable bonds is 11. The van der Waals surface area contributed by atoms with Gasteiger partial charge in [0.1, 0.15) is 0 Å². The zero-order chi connectivity index (χ0) is 15.5. The van der Waals surface area contributed by atoms with Gasteiger partial charge in [-0.1, -0.05) is 57.9 Å². The van der Waals surface area contributed by atoms with Crippen LogP contribution in [0.15, 0.2) is 18.2 Å². The van der Waals surface area contributed by atoms with E-state index in [1.807, 2.05) is 13.0 Å². The molecule has 3 heteroatoms. The first-order valence-electron chi connectivity index (χ1n) is 8.33. The highest BCUT2D eigenvalue weighted by Gasteiger charge is 2.07. The van der Waals surface area contributed by atoms with Gasteiger partial charge in [0.25, 0.3) is 0 Å².